The number of hydrogen-bond donors (Lipinski definition) is 1. The van der Waals surface area contributed by atoms with Gasteiger partial charge < -0.3 is 5.32 Å². The van der Waals surface area contributed by atoms with E-state index in [1.54, 1.807) is 23.5 Å². The van der Waals surface area contributed by atoms with Gasteiger partial charge in [-0.25, -0.2) is 9.37 Å². The van der Waals surface area contributed by atoms with Crippen molar-refractivity contribution < 1.29 is 9.18 Å². The van der Waals surface area contributed by atoms with Gasteiger partial charge in [0.2, 0.25) is 5.91 Å². The summed E-state index contributed by atoms with van der Waals surface area (Å²) in [5.41, 5.74) is 1.05. The van der Waals surface area contributed by atoms with E-state index in [1.165, 1.54) is 12.1 Å². The van der Waals surface area contributed by atoms with Gasteiger partial charge in [0.05, 0.1) is 6.54 Å². The van der Waals surface area contributed by atoms with Gasteiger partial charge in [0, 0.05) is 23.9 Å². The molecule has 1 N–H and O–H groups in total. The zero-order chi connectivity index (χ0) is 13.7. The van der Waals surface area contributed by atoms with Crippen molar-refractivity contribution in [3.8, 4) is 0 Å². The van der Waals surface area contributed by atoms with Crippen LogP contribution in [0.15, 0.2) is 30.5 Å². The second-order valence-corrected chi connectivity index (χ2v) is 5.35. The molecule has 0 saturated carbocycles. The van der Waals surface area contributed by atoms with Gasteiger partial charge >= 0.3 is 0 Å². The van der Waals surface area contributed by atoms with E-state index in [1.807, 2.05) is 13.1 Å². The van der Waals surface area contributed by atoms with Gasteiger partial charge in [-0.2, -0.15) is 0 Å². The lowest BCUT2D eigenvalue weighted by molar-refractivity contribution is -0.120. The van der Waals surface area contributed by atoms with Crippen molar-refractivity contribution in [2.75, 3.05) is 0 Å². The zero-order valence-corrected chi connectivity index (χ0v) is 11.5. The third-order valence-electron chi connectivity index (χ3n) is 2.65. The molecule has 0 fully saturated rings. The van der Waals surface area contributed by atoms with E-state index in [4.69, 9.17) is 0 Å². The molecule has 0 aliphatic rings. The van der Waals surface area contributed by atoms with Crippen LogP contribution in [0.5, 0.6) is 0 Å². The molecule has 0 aliphatic heterocycles. The van der Waals surface area contributed by atoms with Crippen molar-refractivity contribution in [2.45, 2.75) is 26.3 Å². The summed E-state index contributed by atoms with van der Waals surface area (Å²) in [6.07, 6.45) is 3.02. The van der Waals surface area contributed by atoms with Crippen LogP contribution in [0.25, 0.3) is 0 Å². The van der Waals surface area contributed by atoms with E-state index >= 15 is 0 Å². The molecule has 0 radical (unpaired) electrons. The summed E-state index contributed by atoms with van der Waals surface area (Å²) in [6, 6.07) is 6.46. The van der Waals surface area contributed by atoms with Crippen LogP contribution in [0.3, 0.4) is 0 Å². The van der Waals surface area contributed by atoms with E-state index in [0.29, 0.717) is 13.0 Å². The Balaban J connectivity index is 1.93. The summed E-state index contributed by atoms with van der Waals surface area (Å²) in [5.74, 6) is -0.202. The van der Waals surface area contributed by atoms with E-state index in [0.717, 1.165) is 21.9 Å². The molecular formula is C14H15FN2OS. The molecule has 0 atom stereocenters. The van der Waals surface area contributed by atoms with Gasteiger partial charge in [-0.15, -0.1) is 11.3 Å². The molecule has 100 valence electrons. The van der Waals surface area contributed by atoms with Gasteiger partial charge in [0.1, 0.15) is 10.8 Å². The number of nitrogens with zero attached hydrogens (tertiary/aromatic N) is 1. The molecule has 0 unspecified atom stereocenters. The maximum atomic E-state index is 12.8. The first-order valence-corrected chi connectivity index (χ1v) is 6.93. The smallest absolute Gasteiger partial charge is 0.220 e. The standard InChI is InChI=1S/C14H15FN2OS/c1-2-13(18)16-9-14-17-8-12(19-14)7-10-3-5-11(15)6-4-10/h3-6,8H,2,7,9H2,1H3,(H,16,18). The summed E-state index contributed by atoms with van der Waals surface area (Å²) in [5, 5.41) is 3.68. The lowest BCUT2D eigenvalue weighted by atomic mass is 10.1. The van der Waals surface area contributed by atoms with E-state index in [-0.39, 0.29) is 11.7 Å². The third-order valence-corrected chi connectivity index (χ3v) is 3.65. The molecule has 0 spiro atoms. The number of carbonyl (C=O) groups is 1. The molecule has 0 bridgehead atoms. The fourth-order valence-electron chi connectivity index (χ4n) is 1.61. The van der Waals surface area contributed by atoms with Crippen LogP contribution < -0.4 is 5.32 Å². The SMILES string of the molecule is CCC(=O)NCc1ncc(Cc2ccc(F)cc2)s1. The minimum absolute atomic E-state index is 0.0234. The first-order valence-electron chi connectivity index (χ1n) is 6.12. The zero-order valence-electron chi connectivity index (χ0n) is 10.6. The summed E-state index contributed by atoms with van der Waals surface area (Å²) < 4.78 is 12.8. The molecule has 19 heavy (non-hydrogen) atoms. The molecule has 2 aromatic rings. The summed E-state index contributed by atoms with van der Waals surface area (Å²) >= 11 is 1.56. The Bertz CT molecular complexity index is 551. The van der Waals surface area contributed by atoms with Crippen LogP contribution in [-0.4, -0.2) is 10.9 Å². The molecule has 1 aromatic heterocycles. The van der Waals surface area contributed by atoms with Crippen LogP contribution >= 0.6 is 11.3 Å². The Kier molecular flexibility index (Phi) is 4.63. The summed E-state index contributed by atoms with van der Waals surface area (Å²) in [4.78, 5) is 16.5. The van der Waals surface area contributed by atoms with Gasteiger partial charge in [-0.3, -0.25) is 4.79 Å². The molecule has 1 heterocycles. The average Bonchev–Trinajstić information content (AvgIpc) is 2.86. The van der Waals surface area contributed by atoms with Gasteiger partial charge in [-0.1, -0.05) is 19.1 Å². The van der Waals surface area contributed by atoms with Gasteiger partial charge in [0.15, 0.2) is 0 Å². The minimum atomic E-state index is -0.226. The lowest BCUT2D eigenvalue weighted by Gasteiger charge is -1.99. The summed E-state index contributed by atoms with van der Waals surface area (Å²) in [7, 11) is 0. The normalized spacial score (nSPS) is 10.4. The summed E-state index contributed by atoms with van der Waals surface area (Å²) in [6.45, 7) is 2.29. The highest BCUT2D eigenvalue weighted by Crippen LogP contribution is 2.17. The van der Waals surface area contributed by atoms with Crippen LogP contribution in [0, 0.1) is 5.82 Å². The molecule has 0 saturated heterocycles. The van der Waals surface area contributed by atoms with E-state index in [9.17, 15) is 9.18 Å². The van der Waals surface area contributed by atoms with Gasteiger partial charge in [-0.05, 0) is 17.7 Å². The minimum Gasteiger partial charge on any atom is -0.350 e. The van der Waals surface area contributed by atoms with Gasteiger partial charge in [0.25, 0.3) is 0 Å². The average molecular weight is 278 g/mol. The third kappa shape index (κ3) is 4.13. The Hall–Kier alpha value is -1.75. The Labute approximate surface area is 115 Å². The Morgan fingerprint density at radius 3 is 2.79 bits per heavy atom. The Morgan fingerprint density at radius 1 is 1.37 bits per heavy atom. The second kappa shape index (κ2) is 6.43. The molecule has 5 heteroatoms. The maximum absolute atomic E-state index is 12.8. The van der Waals surface area contributed by atoms with Crippen molar-refractivity contribution in [1.29, 1.82) is 0 Å². The number of amides is 1. The van der Waals surface area contributed by atoms with Crippen LogP contribution in [0.1, 0.15) is 28.8 Å². The number of hydrogen-bond acceptors (Lipinski definition) is 3. The van der Waals surface area contributed by atoms with E-state index in [2.05, 4.69) is 10.3 Å². The van der Waals surface area contributed by atoms with Crippen molar-refractivity contribution in [3.63, 3.8) is 0 Å². The fraction of sp³-hybridized carbons (Fsp3) is 0.286. The van der Waals surface area contributed by atoms with Crippen molar-refractivity contribution in [1.82, 2.24) is 10.3 Å². The molecule has 1 amide bonds. The van der Waals surface area contributed by atoms with Crippen molar-refractivity contribution >= 4 is 17.2 Å². The fourth-order valence-corrected chi connectivity index (χ4v) is 2.51. The maximum Gasteiger partial charge on any atom is 0.220 e. The quantitative estimate of drug-likeness (QED) is 0.913. The van der Waals surface area contributed by atoms with Crippen LogP contribution in [0.2, 0.25) is 0 Å². The molecule has 3 nitrogen and oxygen atoms in total. The van der Waals surface area contributed by atoms with Crippen LogP contribution in [-0.2, 0) is 17.8 Å². The number of benzene rings is 1. The van der Waals surface area contributed by atoms with Crippen LogP contribution in [0.4, 0.5) is 4.39 Å². The number of carbonyl (C=O) groups excluding carboxylic acids is 1. The number of aromatic nitrogens is 1. The molecular weight excluding hydrogens is 263 g/mol. The highest BCUT2D eigenvalue weighted by Gasteiger charge is 2.05. The van der Waals surface area contributed by atoms with Crippen molar-refractivity contribution in [3.05, 3.63) is 51.7 Å². The first kappa shape index (κ1) is 13.7. The monoisotopic (exact) mass is 278 g/mol. The molecule has 0 aliphatic carbocycles. The largest absolute Gasteiger partial charge is 0.350 e. The van der Waals surface area contributed by atoms with E-state index < -0.39 is 0 Å². The molecule has 2 rings (SSSR count). The number of rotatable bonds is 5. The predicted molar refractivity (Wildman–Crippen MR) is 73.5 cm³/mol. The topological polar surface area (TPSA) is 42.0 Å². The highest BCUT2D eigenvalue weighted by atomic mass is 32.1. The predicted octanol–water partition coefficient (Wildman–Crippen LogP) is 2.90. The van der Waals surface area contributed by atoms with Crippen molar-refractivity contribution in [2.24, 2.45) is 0 Å². The highest BCUT2D eigenvalue weighted by molar-refractivity contribution is 7.11. The first-order chi connectivity index (χ1) is 9.17. The number of nitrogens with one attached hydrogen (secondary N) is 1. The Morgan fingerprint density at radius 2 is 2.11 bits per heavy atom. The lowest BCUT2D eigenvalue weighted by Crippen LogP contribution is -2.21. The number of thiazole rings is 1. The second-order valence-electron chi connectivity index (χ2n) is 4.15. The molecule has 1 aromatic carbocycles. The number of halogens is 1.